The number of hydrogen-bond acceptors (Lipinski definition) is 4. The predicted molar refractivity (Wildman–Crippen MR) is 96.7 cm³/mol. The normalized spacial score (nSPS) is 13.4. The van der Waals surface area contributed by atoms with Gasteiger partial charge in [-0.05, 0) is 61.6 Å². The number of nitriles is 1. The van der Waals surface area contributed by atoms with E-state index in [-0.39, 0.29) is 0 Å². The van der Waals surface area contributed by atoms with E-state index in [0.29, 0.717) is 23.8 Å². The molecule has 0 radical (unpaired) electrons. The topological polar surface area (TPSA) is 71.9 Å². The second-order valence-electron chi connectivity index (χ2n) is 7.05. The number of aromatic nitrogens is 1. The molecule has 0 aliphatic heterocycles. The van der Waals surface area contributed by atoms with Gasteiger partial charge in [0.25, 0.3) is 0 Å². The number of pyridine rings is 1. The molecule has 1 atom stereocenters. The van der Waals surface area contributed by atoms with Gasteiger partial charge in [0.1, 0.15) is 18.4 Å². The first-order valence-electron chi connectivity index (χ1n) is 8.19. The molecule has 1 unspecified atom stereocenters. The van der Waals surface area contributed by atoms with Crippen molar-refractivity contribution < 1.29 is 4.74 Å². The van der Waals surface area contributed by atoms with Gasteiger partial charge in [-0.25, -0.2) is 0 Å². The van der Waals surface area contributed by atoms with Crippen molar-refractivity contribution >= 4 is 0 Å². The van der Waals surface area contributed by atoms with Crippen LogP contribution < -0.4 is 10.5 Å². The van der Waals surface area contributed by atoms with Crippen LogP contribution in [0.5, 0.6) is 5.75 Å². The zero-order chi connectivity index (χ0) is 17.7. The van der Waals surface area contributed by atoms with Crippen LogP contribution in [0, 0.1) is 24.2 Å². The Labute approximate surface area is 144 Å². The SMILES string of the molecule is Cc1cc(-c2ccc(OCC(C)(N)CC(C)C)c(C#N)c2)ccn1. The molecule has 2 rings (SSSR count). The molecule has 0 saturated heterocycles. The van der Waals surface area contributed by atoms with Crippen LogP contribution in [0.15, 0.2) is 36.5 Å². The fourth-order valence-corrected chi connectivity index (χ4v) is 2.88. The minimum Gasteiger partial charge on any atom is -0.490 e. The van der Waals surface area contributed by atoms with E-state index in [9.17, 15) is 5.26 Å². The molecule has 4 heteroatoms. The van der Waals surface area contributed by atoms with Gasteiger partial charge in [0.2, 0.25) is 0 Å². The average molecular weight is 323 g/mol. The molecule has 1 heterocycles. The lowest BCUT2D eigenvalue weighted by Crippen LogP contribution is -2.43. The second kappa shape index (κ2) is 7.46. The molecule has 0 spiro atoms. The third-order valence-electron chi connectivity index (χ3n) is 3.76. The van der Waals surface area contributed by atoms with Gasteiger partial charge in [-0.15, -0.1) is 0 Å². The highest BCUT2D eigenvalue weighted by Crippen LogP contribution is 2.27. The summed E-state index contributed by atoms with van der Waals surface area (Å²) >= 11 is 0. The third kappa shape index (κ3) is 4.81. The maximum Gasteiger partial charge on any atom is 0.137 e. The minimum absolute atomic E-state index is 0.383. The fraction of sp³-hybridized carbons (Fsp3) is 0.400. The van der Waals surface area contributed by atoms with Gasteiger partial charge in [-0.2, -0.15) is 5.26 Å². The molecule has 0 aliphatic rings. The van der Waals surface area contributed by atoms with Gasteiger partial charge in [0.15, 0.2) is 0 Å². The summed E-state index contributed by atoms with van der Waals surface area (Å²) in [5.74, 6) is 1.07. The van der Waals surface area contributed by atoms with E-state index in [0.717, 1.165) is 23.2 Å². The Bertz CT molecular complexity index is 745. The van der Waals surface area contributed by atoms with Crippen molar-refractivity contribution in [1.82, 2.24) is 4.98 Å². The van der Waals surface area contributed by atoms with Crippen molar-refractivity contribution in [3.8, 4) is 22.9 Å². The molecule has 0 bridgehead atoms. The lowest BCUT2D eigenvalue weighted by Gasteiger charge is -2.26. The van der Waals surface area contributed by atoms with Crippen LogP contribution in [-0.2, 0) is 0 Å². The van der Waals surface area contributed by atoms with Crippen molar-refractivity contribution in [3.05, 3.63) is 47.8 Å². The smallest absolute Gasteiger partial charge is 0.137 e. The monoisotopic (exact) mass is 323 g/mol. The van der Waals surface area contributed by atoms with Gasteiger partial charge in [0.05, 0.1) is 5.56 Å². The molecule has 2 N–H and O–H groups in total. The maximum atomic E-state index is 9.45. The Kier molecular flexibility index (Phi) is 5.58. The number of benzene rings is 1. The van der Waals surface area contributed by atoms with Crippen molar-refractivity contribution in [3.63, 3.8) is 0 Å². The number of hydrogen-bond donors (Lipinski definition) is 1. The Morgan fingerprint density at radius 1 is 1.25 bits per heavy atom. The zero-order valence-corrected chi connectivity index (χ0v) is 14.8. The standard InChI is InChI=1S/C20H25N3O/c1-14(2)11-20(4,22)13-24-19-6-5-16(10-18(19)12-21)17-7-8-23-15(3)9-17/h5-10,14H,11,13,22H2,1-4H3. The summed E-state index contributed by atoms with van der Waals surface area (Å²) in [4.78, 5) is 4.20. The van der Waals surface area contributed by atoms with Crippen LogP contribution >= 0.6 is 0 Å². The summed E-state index contributed by atoms with van der Waals surface area (Å²) in [6.45, 7) is 8.58. The average Bonchev–Trinajstić information content (AvgIpc) is 2.51. The maximum absolute atomic E-state index is 9.45. The molecule has 1 aromatic heterocycles. The summed E-state index contributed by atoms with van der Waals surface area (Å²) in [6.07, 6.45) is 2.64. The van der Waals surface area contributed by atoms with E-state index in [2.05, 4.69) is 24.9 Å². The van der Waals surface area contributed by atoms with E-state index in [1.807, 2.05) is 44.2 Å². The van der Waals surface area contributed by atoms with Crippen LogP contribution in [0.3, 0.4) is 0 Å². The van der Waals surface area contributed by atoms with Gasteiger partial charge >= 0.3 is 0 Å². The van der Waals surface area contributed by atoms with E-state index in [1.54, 1.807) is 6.20 Å². The summed E-state index contributed by atoms with van der Waals surface area (Å²) < 4.78 is 5.85. The number of ether oxygens (including phenoxy) is 1. The Balaban J connectivity index is 2.20. The van der Waals surface area contributed by atoms with Crippen molar-refractivity contribution in [2.45, 2.75) is 39.7 Å². The highest BCUT2D eigenvalue weighted by Gasteiger charge is 2.21. The Morgan fingerprint density at radius 3 is 2.58 bits per heavy atom. The van der Waals surface area contributed by atoms with E-state index in [1.165, 1.54) is 0 Å². The second-order valence-corrected chi connectivity index (χ2v) is 7.05. The molecular formula is C20H25N3O. The van der Waals surface area contributed by atoms with Crippen LogP contribution in [0.4, 0.5) is 0 Å². The fourth-order valence-electron chi connectivity index (χ4n) is 2.88. The lowest BCUT2D eigenvalue weighted by molar-refractivity contribution is 0.206. The largest absolute Gasteiger partial charge is 0.490 e. The molecular weight excluding hydrogens is 298 g/mol. The lowest BCUT2D eigenvalue weighted by atomic mass is 9.93. The van der Waals surface area contributed by atoms with Gasteiger partial charge in [0, 0.05) is 17.4 Å². The molecule has 2 aromatic rings. The highest BCUT2D eigenvalue weighted by atomic mass is 16.5. The van der Waals surface area contributed by atoms with Crippen molar-refractivity contribution in [2.75, 3.05) is 6.61 Å². The van der Waals surface area contributed by atoms with Crippen LogP contribution in [0.25, 0.3) is 11.1 Å². The van der Waals surface area contributed by atoms with Crippen LogP contribution in [0.1, 0.15) is 38.4 Å². The summed E-state index contributed by atoms with van der Waals surface area (Å²) in [5, 5.41) is 9.45. The van der Waals surface area contributed by atoms with Crippen LogP contribution in [0.2, 0.25) is 0 Å². The summed E-state index contributed by atoms with van der Waals surface area (Å²) in [7, 11) is 0. The third-order valence-corrected chi connectivity index (χ3v) is 3.76. The molecule has 24 heavy (non-hydrogen) atoms. The first kappa shape index (κ1) is 18.0. The van der Waals surface area contributed by atoms with E-state index in [4.69, 9.17) is 10.5 Å². The molecule has 4 nitrogen and oxygen atoms in total. The molecule has 1 aromatic carbocycles. The van der Waals surface area contributed by atoms with Gasteiger partial charge < -0.3 is 10.5 Å². The number of rotatable bonds is 6. The molecule has 0 aliphatic carbocycles. The highest BCUT2D eigenvalue weighted by molar-refractivity contribution is 5.67. The minimum atomic E-state index is -0.415. The molecule has 126 valence electrons. The van der Waals surface area contributed by atoms with E-state index >= 15 is 0 Å². The number of nitrogens with zero attached hydrogens (tertiary/aromatic N) is 2. The molecule has 0 amide bonds. The van der Waals surface area contributed by atoms with Gasteiger partial charge in [-0.1, -0.05) is 19.9 Å². The number of aryl methyl sites for hydroxylation is 1. The zero-order valence-electron chi connectivity index (χ0n) is 14.8. The van der Waals surface area contributed by atoms with Gasteiger partial charge in [-0.3, -0.25) is 4.98 Å². The van der Waals surface area contributed by atoms with Crippen molar-refractivity contribution in [2.24, 2.45) is 11.7 Å². The summed E-state index contributed by atoms with van der Waals surface area (Å²) in [5.41, 5.74) is 9.33. The van der Waals surface area contributed by atoms with Crippen molar-refractivity contribution in [1.29, 1.82) is 5.26 Å². The van der Waals surface area contributed by atoms with Crippen LogP contribution in [-0.4, -0.2) is 17.1 Å². The summed E-state index contributed by atoms with van der Waals surface area (Å²) in [6, 6.07) is 11.8. The molecule has 0 saturated carbocycles. The van der Waals surface area contributed by atoms with E-state index < -0.39 is 5.54 Å². The quantitative estimate of drug-likeness (QED) is 0.869. The predicted octanol–water partition coefficient (Wildman–Crippen LogP) is 4.07. The Morgan fingerprint density at radius 2 is 1.96 bits per heavy atom. The first-order chi connectivity index (χ1) is 11.3. The Hall–Kier alpha value is -2.38. The molecule has 0 fully saturated rings. The number of nitrogens with two attached hydrogens (primary N) is 1. The first-order valence-corrected chi connectivity index (χ1v) is 8.19.